The van der Waals surface area contributed by atoms with Crippen LogP contribution in [0.1, 0.15) is 49.1 Å². The summed E-state index contributed by atoms with van der Waals surface area (Å²) >= 11 is 0. The van der Waals surface area contributed by atoms with Crippen molar-refractivity contribution in [3.8, 4) is 17.3 Å². The highest BCUT2D eigenvalue weighted by Crippen LogP contribution is 2.37. The summed E-state index contributed by atoms with van der Waals surface area (Å²) < 4.78 is 4.77. The van der Waals surface area contributed by atoms with Crippen LogP contribution in [0.3, 0.4) is 0 Å². The molecule has 0 atom stereocenters. The number of esters is 1. The Kier molecular flexibility index (Phi) is 5.45. The second-order valence-corrected chi connectivity index (χ2v) is 6.66. The van der Waals surface area contributed by atoms with E-state index in [1.807, 2.05) is 6.07 Å². The summed E-state index contributed by atoms with van der Waals surface area (Å²) in [6, 6.07) is 14.3. The van der Waals surface area contributed by atoms with E-state index in [9.17, 15) is 4.79 Å². The number of hydrogen-bond donors (Lipinski definition) is 0. The largest absolute Gasteiger partial charge is 0.469 e. The maximum Gasteiger partial charge on any atom is 0.305 e. The number of rotatable bonds is 4. The number of nitrogens with zero attached hydrogens (tertiary/aromatic N) is 2. The van der Waals surface area contributed by atoms with Crippen molar-refractivity contribution < 1.29 is 9.53 Å². The zero-order chi connectivity index (χ0) is 17.6. The van der Waals surface area contributed by atoms with Crippen LogP contribution in [0.4, 0.5) is 0 Å². The third-order valence-electron chi connectivity index (χ3n) is 5.10. The van der Waals surface area contributed by atoms with Crippen molar-refractivity contribution in [1.82, 2.24) is 4.98 Å². The number of carbonyl (C=O) groups is 1. The van der Waals surface area contributed by atoms with Crippen molar-refractivity contribution in [2.24, 2.45) is 5.92 Å². The molecular formula is C21H22N2O2. The molecule has 0 spiro atoms. The Morgan fingerprint density at radius 3 is 2.44 bits per heavy atom. The summed E-state index contributed by atoms with van der Waals surface area (Å²) in [6.45, 7) is 0. The van der Waals surface area contributed by atoms with Crippen LogP contribution in [0.25, 0.3) is 11.3 Å². The number of carbonyl (C=O) groups excluding carboxylic acids is 1. The van der Waals surface area contributed by atoms with Crippen molar-refractivity contribution in [3.05, 3.63) is 53.7 Å². The Hall–Kier alpha value is -2.67. The minimum absolute atomic E-state index is 0.0947. The normalized spacial score (nSPS) is 19.8. The summed E-state index contributed by atoms with van der Waals surface area (Å²) in [5, 5.41) is 8.84. The first-order chi connectivity index (χ1) is 12.2. The SMILES string of the molecule is COC(=O)C[C@H]1CC[C@H](c2ccc(-c3ccc(C#N)cn3)cc2)CC1. The van der Waals surface area contributed by atoms with Gasteiger partial charge in [-0.05, 0) is 55.2 Å². The summed E-state index contributed by atoms with van der Waals surface area (Å²) in [5.41, 5.74) is 3.87. The highest BCUT2D eigenvalue weighted by Gasteiger charge is 2.24. The first-order valence-electron chi connectivity index (χ1n) is 8.73. The van der Waals surface area contributed by atoms with Crippen molar-refractivity contribution in [2.75, 3.05) is 7.11 Å². The number of nitriles is 1. The van der Waals surface area contributed by atoms with E-state index < -0.39 is 0 Å². The molecule has 1 aromatic carbocycles. The van der Waals surface area contributed by atoms with Gasteiger partial charge < -0.3 is 4.74 Å². The van der Waals surface area contributed by atoms with Crippen molar-refractivity contribution >= 4 is 5.97 Å². The maximum atomic E-state index is 11.4. The molecule has 0 amide bonds. The second-order valence-electron chi connectivity index (χ2n) is 6.66. The summed E-state index contributed by atoms with van der Waals surface area (Å²) in [7, 11) is 1.46. The van der Waals surface area contributed by atoms with E-state index in [2.05, 4.69) is 35.3 Å². The Labute approximate surface area is 148 Å². The van der Waals surface area contributed by atoms with Gasteiger partial charge in [0.25, 0.3) is 0 Å². The maximum absolute atomic E-state index is 11.4. The molecule has 1 aliphatic rings. The van der Waals surface area contributed by atoms with Gasteiger partial charge in [-0.25, -0.2) is 0 Å². The quantitative estimate of drug-likeness (QED) is 0.775. The summed E-state index contributed by atoms with van der Waals surface area (Å²) in [6.07, 6.45) is 6.56. The van der Waals surface area contributed by atoms with Gasteiger partial charge in [0.05, 0.1) is 18.4 Å². The molecular weight excluding hydrogens is 312 g/mol. The van der Waals surface area contributed by atoms with E-state index >= 15 is 0 Å². The van der Waals surface area contributed by atoms with Gasteiger partial charge in [0.15, 0.2) is 0 Å². The highest BCUT2D eigenvalue weighted by atomic mass is 16.5. The van der Waals surface area contributed by atoms with Gasteiger partial charge in [0.2, 0.25) is 0 Å². The lowest BCUT2D eigenvalue weighted by Gasteiger charge is -2.28. The standard InChI is InChI=1S/C21H22N2O2/c1-25-21(24)12-15-2-5-17(6-3-15)18-7-9-19(10-8-18)20-11-4-16(13-22)14-23-20/h4,7-11,14-15,17H,2-3,5-6,12H2,1H3/t15-,17-. The topological polar surface area (TPSA) is 63.0 Å². The third-order valence-corrected chi connectivity index (χ3v) is 5.10. The van der Waals surface area contributed by atoms with Gasteiger partial charge in [0, 0.05) is 18.2 Å². The van der Waals surface area contributed by atoms with Gasteiger partial charge in [-0.2, -0.15) is 5.26 Å². The van der Waals surface area contributed by atoms with Crippen molar-refractivity contribution in [2.45, 2.75) is 38.0 Å². The van der Waals surface area contributed by atoms with E-state index in [0.717, 1.165) is 36.9 Å². The van der Waals surface area contributed by atoms with Crippen molar-refractivity contribution in [3.63, 3.8) is 0 Å². The van der Waals surface area contributed by atoms with Crippen LogP contribution in [0.15, 0.2) is 42.6 Å². The molecule has 4 nitrogen and oxygen atoms in total. The van der Waals surface area contributed by atoms with Gasteiger partial charge in [-0.1, -0.05) is 24.3 Å². The average Bonchev–Trinajstić information content (AvgIpc) is 2.69. The molecule has 25 heavy (non-hydrogen) atoms. The smallest absolute Gasteiger partial charge is 0.305 e. The Balaban J connectivity index is 1.61. The van der Waals surface area contributed by atoms with Crippen molar-refractivity contribution in [1.29, 1.82) is 5.26 Å². The lowest BCUT2D eigenvalue weighted by Crippen LogP contribution is -2.17. The van der Waals surface area contributed by atoms with Crippen LogP contribution in [-0.4, -0.2) is 18.1 Å². The van der Waals surface area contributed by atoms with Crippen LogP contribution in [-0.2, 0) is 9.53 Å². The number of pyridine rings is 1. The molecule has 0 radical (unpaired) electrons. The molecule has 0 N–H and O–H groups in total. The molecule has 0 unspecified atom stereocenters. The average molecular weight is 334 g/mol. The molecule has 1 fully saturated rings. The molecule has 2 aromatic rings. The van der Waals surface area contributed by atoms with Gasteiger partial charge in [0.1, 0.15) is 6.07 Å². The van der Waals surface area contributed by atoms with Crippen LogP contribution >= 0.6 is 0 Å². The molecule has 0 aliphatic heterocycles. The molecule has 128 valence electrons. The van der Waals surface area contributed by atoms with E-state index in [-0.39, 0.29) is 5.97 Å². The van der Waals surface area contributed by atoms with E-state index in [0.29, 0.717) is 23.8 Å². The highest BCUT2D eigenvalue weighted by molar-refractivity contribution is 5.69. The Morgan fingerprint density at radius 2 is 1.88 bits per heavy atom. The molecule has 1 saturated carbocycles. The number of methoxy groups -OCH3 is 1. The molecule has 1 aliphatic carbocycles. The monoisotopic (exact) mass is 334 g/mol. The summed E-state index contributed by atoms with van der Waals surface area (Å²) in [5.74, 6) is 0.936. The van der Waals surface area contributed by atoms with E-state index in [1.165, 1.54) is 12.7 Å². The molecule has 3 rings (SSSR count). The van der Waals surface area contributed by atoms with Crippen LogP contribution in [0.5, 0.6) is 0 Å². The first-order valence-corrected chi connectivity index (χ1v) is 8.73. The van der Waals surface area contributed by atoms with Gasteiger partial charge in [-0.3, -0.25) is 9.78 Å². The molecule has 4 heteroatoms. The molecule has 1 heterocycles. The van der Waals surface area contributed by atoms with E-state index in [4.69, 9.17) is 10.00 Å². The van der Waals surface area contributed by atoms with Crippen LogP contribution in [0, 0.1) is 17.2 Å². The lowest BCUT2D eigenvalue weighted by molar-refractivity contribution is -0.142. The summed E-state index contributed by atoms with van der Waals surface area (Å²) in [4.78, 5) is 15.7. The zero-order valence-corrected chi connectivity index (χ0v) is 14.4. The molecule has 0 bridgehead atoms. The van der Waals surface area contributed by atoms with Crippen LogP contribution in [0.2, 0.25) is 0 Å². The molecule has 1 aromatic heterocycles. The van der Waals surface area contributed by atoms with Gasteiger partial charge >= 0.3 is 5.97 Å². The third kappa shape index (κ3) is 4.24. The second kappa shape index (κ2) is 7.94. The number of hydrogen-bond acceptors (Lipinski definition) is 4. The fourth-order valence-corrected chi connectivity index (χ4v) is 3.58. The fourth-order valence-electron chi connectivity index (χ4n) is 3.58. The Morgan fingerprint density at radius 1 is 1.16 bits per heavy atom. The van der Waals surface area contributed by atoms with Gasteiger partial charge in [-0.15, -0.1) is 0 Å². The predicted molar refractivity (Wildman–Crippen MR) is 95.7 cm³/mol. The zero-order valence-electron chi connectivity index (χ0n) is 14.4. The lowest BCUT2D eigenvalue weighted by atomic mass is 9.77. The number of benzene rings is 1. The number of ether oxygens (including phenoxy) is 1. The van der Waals surface area contributed by atoms with E-state index in [1.54, 1.807) is 12.3 Å². The fraction of sp³-hybridized carbons (Fsp3) is 0.381. The minimum Gasteiger partial charge on any atom is -0.469 e. The van der Waals surface area contributed by atoms with Crippen LogP contribution < -0.4 is 0 Å². The number of aromatic nitrogens is 1. The first kappa shape index (κ1) is 17.2. The molecule has 0 saturated heterocycles. The Bertz CT molecular complexity index is 752. The minimum atomic E-state index is -0.0947. The predicted octanol–water partition coefficient (Wildman–Crippen LogP) is 4.46.